The van der Waals surface area contributed by atoms with E-state index in [9.17, 15) is 13.2 Å². The molecule has 4 nitrogen and oxygen atoms in total. The van der Waals surface area contributed by atoms with Gasteiger partial charge in [0, 0.05) is 10.7 Å². The monoisotopic (exact) mass is 262 g/mol. The molecule has 1 rings (SSSR count). The van der Waals surface area contributed by atoms with Crippen molar-refractivity contribution in [3.8, 4) is 5.75 Å². The fourth-order valence-corrected chi connectivity index (χ4v) is 2.48. The second kappa shape index (κ2) is 4.43. The number of carbonyl (C=O) groups is 1. The van der Waals surface area contributed by atoms with Crippen LogP contribution >= 0.6 is 10.7 Å². The maximum absolute atomic E-state index is 11.3. The first-order valence-electron chi connectivity index (χ1n) is 4.41. The van der Waals surface area contributed by atoms with Crippen LogP contribution in [0.3, 0.4) is 0 Å². The number of ketones is 1. The molecule has 0 amide bonds. The van der Waals surface area contributed by atoms with Crippen LogP contribution in [0.2, 0.25) is 0 Å². The number of hydrogen-bond acceptors (Lipinski definition) is 4. The van der Waals surface area contributed by atoms with E-state index in [1.54, 1.807) is 13.0 Å². The molecule has 0 unspecified atom stereocenters. The molecule has 0 radical (unpaired) electrons. The third kappa shape index (κ3) is 2.54. The highest BCUT2D eigenvalue weighted by atomic mass is 35.7. The Balaban J connectivity index is 3.68. The van der Waals surface area contributed by atoms with E-state index in [1.807, 2.05) is 0 Å². The number of ether oxygens (including phenoxy) is 1. The van der Waals surface area contributed by atoms with Gasteiger partial charge in [-0.05, 0) is 31.5 Å². The predicted octanol–water partition coefficient (Wildman–Crippen LogP) is 2.13. The van der Waals surface area contributed by atoms with Gasteiger partial charge in [-0.1, -0.05) is 0 Å². The molecule has 0 spiro atoms. The number of carbonyl (C=O) groups excluding carboxylic acids is 1. The van der Waals surface area contributed by atoms with Crippen LogP contribution in [0.1, 0.15) is 22.8 Å². The number of benzene rings is 1. The summed E-state index contributed by atoms with van der Waals surface area (Å²) in [4.78, 5) is 11.2. The third-order valence-electron chi connectivity index (χ3n) is 2.05. The fourth-order valence-electron chi connectivity index (χ4n) is 1.39. The highest BCUT2D eigenvalue weighted by Crippen LogP contribution is 2.32. The summed E-state index contributed by atoms with van der Waals surface area (Å²) in [6.45, 7) is 3.01. The molecule has 0 atom stereocenters. The van der Waals surface area contributed by atoms with Gasteiger partial charge in [-0.15, -0.1) is 0 Å². The van der Waals surface area contributed by atoms with Crippen molar-refractivity contribution in [1.82, 2.24) is 0 Å². The van der Waals surface area contributed by atoms with E-state index in [4.69, 9.17) is 15.4 Å². The van der Waals surface area contributed by atoms with Gasteiger partial charge in [0.05, 0.1) is 12.7 Å². The lowest BCUT2D eigenvalue weighted by Gasteiger charge is -2.11. The first kappa shape index (κ1) is 13.0. The molecule has 0 bridgehead atoms. The Labute approximate surface area is 98.6 Å². The van der Waals surface area contributed by atoms with Gasteiger partial charge in [0.25, 0.3) is 9.05 Å². The summed E-state index contributed by atoms with van der Waals surface area (Å²) in [6, 6.07) is 2.93. The third-order valence-corrected chi connectivity index (χ3v) is 3.37. The van der Waals surface area contributed by atoms with Crippen molar-refractivity contribution in [3.63, 3.8) is 0 Å². The molecule has 0 saturated heterocycles. The molecule has 0 fully saturated rings. The van der Waals surface area contributed by atoms with Gasteiger partial charge >= 0.3 is 0 Å². The summed E-state index contributed by atoms with van der Waals surface area (Å²) in [5.74, 6) is -0.282. The van der Waals surface area contributed by atoms with Crippen molar-refractivity contribution in [3.05, 3.63) is 23.3 Å². The maximum Gasteiger partial charge on any atom is 0.265 e. The fraction of sp³-hybridized carbons (Fsp3) is 0.300. The molecule has 16 heavy (non-hydrogen) atoms. The Kier molecular flexibility index (Phi) is 3.60. The molecule has 0 aliphatic heterocycles. The molecular weight excluding hydrogens is 252 g/mol. The maximum atomic E-state index is 11.3. The van der Waals surface area contributed by atoms with Crippen LogP contribution in [-0.4, -0.2) is 21.3 Å². The first-order chi connectivity index (χ1) is 7.27. The normalized spacial score (nSPS) is 11.2. The zero-order chi connectivity index (χ0) is 12.5. The minimum absolute atomic E-state index is 0.00639. The van der Waals surface area contributed by atoms with E-state index in [-0.39, 0.29) is 22.0 Å². The summed E-state index contributed by atoms with van der Waals surface area (Å²) >= 11 is 0. The van der Waals surface area contributed by atoms with Gasteiger partial charge in [0.2, 0.25) is 0 Å². The highest BCUT2D eigenvalue weighted by Gasteiger charge is 2.22. The number of methoxy groups -OCH3 is 1. The molecule has 0 saturated carbocycles. The van der Waals surface area contributed by atoms with Gasteiger partial charge in [0.15, 0.2) is 5.78 Å². The molecule has 0 aliphatic carbocycles. The molecule has 0 heterocycles. The summed E-state index contributed by atoms with van der Waals surface area (Å²) in [6.07, 6.45) is 0. The Morgan fingerprint density at radius 3 is 2.31 bits per heavy atom. The summed E-state index contributed by atoms with van der Waals surface area (Å²) in [5, 5.41) is 0. The summed E-state index contributed by atoms with van der Waals surface area (Å²) in [7, 11) is 2.64. The van der Waals surface area contributed by atoms with E-state index >= 15 is 0 Å². The van der Waals surface area contributed by atoms with E-state index in [2.05, 4.69) is 0 Å². The van der Waals surface area contributed by atoms with Crippen LogP contribution in [0.25, 0.3) is 0 Å². The smallest absolute Gasteiger partial charge is 0.265 e. The number of rotatable bonds is 3. The molecule has 0 aliphatic rings. The minimum Gasteiger partial charge on any atom is -0.495 e. The van der Waals surface area contributed by atoms with Gasteiger partial charge in [-0.3, -0.25) is 4.79 Å². The minimum atomic E-state index is -3.93. The van der Waals surface area contributed by atoms with Crippen molar-refractivity contribution in [2.24, 2.45) is 0 Å². The zero-order valence-electron chi connectivity index (χ0n) is 9.07. The SMILES string of the molecule is COc1c(C(C)=O)cc(C)cc1S(=O)(=O)Cl. The molecule has 6 heteroatoms. The Morgan fingerprint density at radius 2 is 1.94 bits per heavy atom. The van der Waals surface area contributed by atoms with Crippen LogP contribution in [0.5, 0.6) is 5.75 Å². The van der Waals surface area contributed by atoms with Crippen molar-refractivity contribution < 1.29 is 17.9 Å². The highest BCUT2D eigenvalue weighted by molar-refractivity contribution is 8.13. The number of Topliss-reactive ketones (excluding diaryl/α,β-unsaturated/α-hetero) is 1. The standard InChI is InChI=1S/C10H11ClO4S/c1-6-4-8(7(2)12)10(15-3)9(5-6)16(11,13)14/h4-5H,1-3H3. The molecule has 0 aromatic heterocycles. The Bertz CT molecular complexity index is 534. The van der Waals surface area contributed by atoms with Crippen LogP contribution in [0, 0.1) is 6.92 Å². The van der Waals surface area contributed by atoms with E-state index in [1.165, 1.54) is 20.1 Å². The van der Waals surface area contributed by atoms with E-state index in [0.29, 0.717) is 5.56 Å². The van der Waals surface area contributed by atoms with Crippen molar-refractivity contribution in [2.45, 2.75) is 18.7 Å². The topological polar surface area (TPSA) is 60.4 Å². The van der Waals surface area contributed by atoms with Crippen molar-refractivity contribution in [1.29, 1.82) is 0 Å². The molecular formula is C10H11ClO4S. The predicted molar refractivity (Wildman–Crippen MR) is 60.8 cm³/mol. The number of halogens is 1. The van der Waals surface area contributed by atoms with Gasteiger partial charge in [0.1, 0.15) is 10.6 Å². The van der Waals surface area contributed by atoms with Gasteiger partial charge in [-0.2, -0.15) is 0 Å². The summed E-state index contributed by atoms with van der Waals surface area (Å²) in [5.41, 5.74) is 0.840. The molecule has 0 N–H and O–H groups in total. The second-order valence-electron chi connectivity index (χ2n) is 3.34. The first-order valence-corrected chi connectivity index (χ1v) is 6.72. The van der Waals surface area contributed by atoms with Crippen molar-refractivity contribution >= 4 is 25.5 Å². The average Bonchev–Trinajstić information content (AvgIpc) is 2.14. The van der Waals surface area contributed by atoms with E-state index < -0.39 is 9.05 Å². The lowest BCUT2D eigenvalue weighted by Crippen LogP contribution is -2.04. The second-order valence-corrected chi connectivity index (χ2v) is 5.87. The average molecular weight is 263 g/mol. The molecule has 1 aromatic carbocycles. The quantitative estimate of drug-likeness (QED) is 0.618. The largest absolute Gasteiger partial charge is 0.495 e. The van der Waals surface area contributed by atoms with Crippen LogP contribution in [-0.2, 0) is 9.05 Å². The van der Waals surface area contributed by atoms with Crippen molar-refractivity contribution in [2.75, 3.05) is 7.11 Å². The van der Waals surface area contributed by atoms with Crippen LogP contribution in [0.4, 0.5) is 0 Å². The Morgan fingerprint density at radius 1 is 1.38 bits per heavy atom. The molecule has 1 aromatic rings. The van der Waals surface area contributed by atoms with Gasteiger partial charge < -0.3 is 4.74 Å². The van der Waals surface area contributed by atoms with Crippen LogP contribution < -0.4 is 4.74 Å². The van der Waals surface area contributed by atoms with Crippen LogP contribution in [0.15, 0.2) is 17.0 Å². The zero-order valence-corrected chi connectivity index (χ0v) is 10.6. The number of hydrogen-bond donors (Lipinski definition) is 0. The summed E-state index contributed by atoms with van der Waals surface area (Å²) < 4.78 is 27.6. The Hall–Kier alpha value is -1.07. The molecule has 88 valence electrons. The number of aryl methyl sites for hydroxylation is 1. The van der Waals surface area contributed by atoms with Gasteiger partial charge in [-0.25, -0.2) is 8.42 Å². The van der Waals surface area contributed by atoms with E-state index in [0.717, 1.165) is 0 Å². The lowest BCUT2D eigenvalue weighted by molar-refractivity contribution is 0.101. The lowest BCUT2D eigenvalue weighted by atomic mass is 10.1.